The fraction of sp³-hybridized carbons (Fsp3) is 0.238. The number of hydrogen-bond acceptors (Lipinski definition) is 5. The van der Waals surface area contributed by atoms with Crippen molar-refractivity contribution in [1.82, 2.24) is 5.43 Å². The van der Waals surface area contributed by atoms with Gasteiger partial charge in [0, 0.05) is 10.4 Å². The molecule has 1 amide bonds. The standard InChI is InChI=1S/C21H20Cl2N2O4/c1-4-12(2)28-20-16(23)7-13(8-18(20)27-3)11-24-25-21(26)19-10-14-9-15(22)5-6-17(14)29-19/h5-12H,4H2,1-3H3,(H,25,26)/b24-11+/t12-/m0/s1. The third-order valence-electron chi connectivity index (χ3n) is 4.23. The Hall–Kier alpha value is -2.70. The van der Waals surface area contributed by atoms with Crippen molar-refractivity contribution in [1.29, 1.82) is 0 Å². The number of carbonyl (C=O) groups excluding carboxylic acids is 1. The first-order valence-corrected chi connectivity index (χ1v) is 9.73. The van der Waals surface area contributed by atoms with Crippen LogP contribution in [0.2, 0.25) is 10.0 Å². The molecule has 0 fully saturated rings. The van der Waals surface area contributed by atoms with Crippen molar-refractivity contribution in [2.45, 2.75) is 26.4 Å². The Morgan fingerprint density at radius 2 is 2.07 bits per heavy atom. The lowest BCUT2D eigenvalue weighted by Crippen LogP contribution is -2.16. The maximum Gasteiger partial charge on any atom is 0.307 e. The number of hydrogen-bond donors (Lipinski definition) is 1. The molecule has 0 aliphatic carbocycles. The van der Waals surface area contributed by atoms with Crippen LogP contribution >= 0.6 is 23.2 Å². The van der Waals surface area contributed by atoms with Gasteiger partial charge in [-0.15, -0.1) is 0 Å². The lowest BCUT2D eigenvalue weighted by Gasteiger charge is -2.17. The Labute approximate surface area is 178 Å². The topological polar surface area (TPSA) is 73.1 Å². The molecule has 0 spiro atoms. The van der Waals surface area contributed by atoms with Crippen molar-refractivity contribution >= 4 is 46.3 Å². The number of carbonyl (C=O) groups is 1. The zero-order valence-electron chi connectivity index (χ0n) is 16.2. The minimum absolute atomic E-state index is 0.00102. The number of benzene rings is 2. The third kappa shape index (κ3) is 5.02. The lowest BCUT2D eigenvalue weighted by molar-refractivity contribution is 0.0929. The number of halogens is 2. The number of methoxy groups -OCH3 is 1. The van der Waals surface area contributed by atoms with Crippen LogP contribution in [0.3, 0.4) is 0 Å². The van der Waals surface area contributed by atoms with Gasteiger partial charge in [0.05, 0.1) is 24.5 Å². The van der Waals surface area contributed by atoms with E-state index in [1.807, 2.05) is 13.8 Å². The van der Waals surface area contributed by atoms with Gasteiger partial charge in [0.15, 0.2) is 17.3 Å². The molecule has 152 valence electrons. The number of fused-ring (bicyclic) bond motifs is 1. The predicted octanol–water partition coefficient (Wildman–Crippen LogP) is 5.69. The smallest absolute Gasteiger partial charge is 0.307 e. The molecule has 1 N–H and O–H groups in total. The number of amides is 1. The highest BCUT2D eigenvalue weighted by Gasteiger charge is 2.15. The molecule has 2 aromatic carbocycles. The highest BCUT2D eigenvalue weighted by Crippen LogP contribution is 2.37. The molecule has 0 radical (unpaired) electrons. The SMILES string of the molecule is CC[C@H](C)Oc1c(Cl)cc(/C=N/NC(=O)c2cc3cc(Cl)ccc3o2)cc1OC. The number of hydrazone groups is 1. The summed E-state index contributed by atoms with van der Waals surface area (Å²) in [5.41, 5.74) is 3.63. The fourth-order valence-electron chi connectivity index (χ4n) is 2.56. The molecular weight excluding hydrogens is 415 g/mol. The van der Waals surface area contributed by atoms with Crippen molar-refractivity contribution in [2.75, 3.05) is 7.11 Å². The minimum Gasteiger partial charge on any atom is -0.493 e. The van der Waals surface area contributed by atoms with Gasteiger partial charge in [0.2, 0.25) is 0 Å². The summed E-state index contributed by atoms with van der Waals surface area (Å²) < 4.78 is 16.7. The number of rotatable bonds is 7. The molecule has 3 aromatic rings. The zero-order chi connectivity index (χ0) is 21.0. The van der Waals surface area contributed by atoms with E-state index in [0.717, 1.165) is 11.8 Å². The molecule has 3 rings (SSSR count). The van der Waals surface area contributed by atoms with Crippen molar-refractivity contribution in [2.24, 2.45) is 5.10 Å². The number of nitrogens with zero attached hydrogens (tertiary/aromatic N) is 1. The Morgan fingerprint density at radius 3 is 2.79 bits per heavy atom. The molecule has 0 aliphatic rings. The van der Waals surface area contributed by atoms with Crippen LogP contribution in [-0.4, -0.2) is 25.3 Å². The monoisotopic (exact) mass is 434 g/mol. The summed E-state index contributed by atoms with van der Waals surface area (Å²) in [6.07, 6.45) is 2.29. The molecule has 0 aliphatic heterocycles. The molecule has 8 heteroatoms. The largest absolute Gasteiger partial charge is 0.493 e. The van der Waals surface area contributed by atoms with Gasteiger partial charge in [-0.25, -0.2) is 5.43 Å². The molecule has 29 heavy (non-hydrogen) atoms. The first-order chi connectivity index (χ1) is 13.9. The summed E-state index contributed by atoms with van der Waals surface area (Å²) in [6.45, 7) is 3.97. The highest BCUT2D eigenvalue weighted by atomic mass is 35.5. The zero-order valence-corrected chi connectivity index (χ0v) is 17.7. The molecule has 0 bridgehead atoms. The maximum absolute atomic E-state index is 12.3. The highest BCUT2D eigenvalue weighted by molar-refractivity contribution is 6.32. The second kappa shape index (κ2) is 9.20. The summed E-state index contributed by atoms with van der Waals surface area (Å²) in [7, 11) is 1.53. The van der Waals surface area contributed by atoms with Gasteiger partial charge in [0.25, 0.3) is 0 Å². The second-order valence-electron chi connectivity index (χ2n) is 6.36. The van der Waals surface area contributed by atoms with Crippen LogP contribution in [0.1, 0.15) is 36.4 Å². The molecule has 0 unspecified atom stereocenters. The second-order valence-corrected chi connectivity index (χ2v) is 7.21. The summed E-state index contributed by atoms with van der Waals surface area (Å²) in [5, 5.41) is 5.66. The van der Waals surface area contributed by atoms with Crippen LogP contribution in [0.15, 0.2) is 45.9 Å². The van der Waals surface area contributed by atoms with Crippen LogP contribution in [0, 0.1) is 0 Å². The van der Waals surface area contributed by atoms with Gasteiger partial charge in [-0.1, -0.05) is 30.1 Å². The van der Waals surface area contributed by atoms with Gasteiger partial charge in [-0.05, 0) is 55.3 Å². The van der Waals surface area contributed by atoms with E-state index in [1.54, 1.807) is 36.4 Å². The Bertz CT molecular complexity index is 1060. The minimum atomic E-state index is -0.483. The van der Waals surface area contributed by atoms with E-state index in [2.05, 4.69) is 10.5 Å². The van der Waals surface area contributed by atoms with Crippen molar-refractivity contribution in [3.63, 3.8) is 0 Å². The van der Waals surface area contributed by atoms with Crippen LogP contribution in [-0.2, 0) is 0 Å². The van der Waals surface area contributed by atoms with E-state index in [9.17, 15) is 4.79 Å². The number of ether oxygens (including phenoxy) is 2. The summed E-state index contributed by atoms with van der Waals surface area (Å²) in [4.78, 5) is 12.3. The molecule has 1 heterocycles. The van der Waals surface area contributed by atoms with E-state index in [4.69, 9.17) is 37.1 Å². The van der Waals surface area contributed by atoms with Crippen molar-refractivity contribution in [3.8, 4) is 11.5 Å². The van der Waals surface area contributed by atoms with Gasteiger partial charge >= 0.3 is 5.91 Å². The average Bonchev–Trinajstić information content (AvgIpc) is 3.12. The molecule has 1 atom stereocenters. The molecule has 6 nitrogen and oxygen atoms in total. The molecule has 1 aromatic heterocycles. The predicted molar refractivity (Wildman–Crippen MR) is 115 cm³/mol. The number of furan rings is 1. The fourth-order valence-corrected chi connectivity index (χ4v) is 3.00. The Kier molecular flexibility index (Phi) is 6.67. The quantitative estimate of drug-likeness (QED) is 0.382. The van der Waals surface area contributed by atoms with Crippen molar-refractivity contribution < 1.29 is 18.7 Å². The van der Waals surface area contributed by atoms with E-state index in [1.165, 1.54) is 13.3 Å². The van der Waals surface area contributed by atoms with Gasteiger partial charge in [0.1, 0.15) is 5.58 Å². The average molecular weight is 435 g/mol. The first-order valence-electron chi connectivity index (χ1n) is 8.98. The van der Waals surface area contributed by atoms with E-state index < -0.39 is 5.91 Å². The third-order valence-corrected chi connectivity index (χ3v) is 4.74. The molecular formula is C21H20Cl2N2O4. The van der Waals surface area contributed by atoms with Gasteiger partial charge < -0.3 is 13.9 Å². The summed E-state index contributed by atoms with van der Waals surface area (Å²) in [6, 6.07) is 10.1. The van der Waals surface area contributed by atoms with Gasteiger partial charge in [-0.3, -0.25) is 4.79 Å². The maximum atomic E-state index is 12.3. The summed E-state index contributed by atoms with van der Waals surface area (Å²) in [5.74, 6) is 0.612. The van der Waals surface area contributed by atoms with Crippen LogP contribution in [0.5, 0.6) is 11.5 Å². The van der Waals surface area contributed by atoms with Crippen LogP contribution in [0.4, 0.5) is 0 Å². The van der Waals surface area contributed by atoms with Crippen LogP contribution in [0.25, 0.3) is 11.0 Å². The number of nitrogens with one attached hydrogen (secondary N) is 1. The van der Waals surface area contributed by atoms with Crippen molar-refractivity contribution in [3.05, 3.63) is 57.8 Å². The molecule has 0 saturated carbocycles. The normalized spacial score (nSPS) is 12.3. The Balaban J connectivity index is 1.73. The van der Waals surface area contributed by atoms with E-state index in [0.29, 0.717) is 32.7 Å². The van der Waals surface area contributed by atoms with E-state index in [-0.39, 0.29) is 11.9 Å². The summed E-state index contributed by atoms with van der Waals surface area (Å²) >= 11 is 12.3. The first kappa shape index (κ1) is 21.0. The van der Waals surface area contributed by atoms with Crippen LogP contribution < -0.4 is 14.9 Å². The Morgan fingerprint density at radius 1 is 1.28 bits per heavy atom. The van der Waals surface area contributed by atoms with E-state index >= 15 is 0 Å². The molecule has 0 saturated heterocycles. The lowest BCUT2D eigenvalue weighted by atomic mass is 10.2. The van der Waals surface area contributed by atoms with Gasteiger partial charge in [-0.2, -0.15) is 5.10 Å².